The van der Waals surface area contributed by atoms with Crippen LogP contribution in [0.5, 0.6) is 0 Å². The first-order chi connectivity index (χ1) is 13.2. The second-order valence-electron chi connectivity index (χ2n) is 7.18. The third-order valence-corrected chi connectivity index (χ3v) is 5.33. The van der Waals surface area contributed by atoms with Gasteiger partial charge >= 0.3 is 0 Å². The van der Waals surface area contributed by atoms with Crippen LogP contribution in [0.15, 0.2) is 54.6 Å². The third kappa shape index (κ3) is 3.88. The molecule has 1 N–H and O–H groups in total. The van der Waals surface area contributed by atoms with Gasteiger partial charge in [-0.15, -0.1) is 0 Å². The smallest absolute Gasteiger partial charge is 0.255 e. The number of hydrogen-bond acceptors (Lipinski definition) is 3. The van der Waals surface area contributed by atoms with Gasteiger partial charge in [-0.05, 0) is 30.0 Å². The lowest BCUT2D eigenvalue weighted by Crippen LogP contribution is -2.49. The summed E-state index contributed by atoms with van der Waals surface area (Å²) in [7, 11) is 0. The molecule has 2 atom stereocenters. The molecule has 2 aliphatic rings. The Balaban J connectivity index is 1.52. The number of benzene rings is 2. The van der Waals surface area contributed by atoms with Crippen molar-refractivity contribution in [3.63, 3.8) is 0 Å². The summed E-state index contributed by atoms with van der Waals surface area (Å²) in [4.78, 5) is 27.6. The van der Waals surface area contributed by atoms with Crippen LogP contribution in [0, 0.1) is 0 Å². The highest BCUT2D eigenvalue weighted by molar-refractivity contribution is 6.01. The van der Waals surface area contributed by atoms with Gasteiger partial charge in [0.1, 0.15) is 6.04 Å². The van der Waals surface area contributed by atoms with E-state index in [1.807, 2.05) is 54.6 Å². The Morgan fingerprint density at radius 1 is 1.15 bits per heavy atom. The van der Waals surface area contributed by atoms with E-state index in [4.69, 9.17) is 4.74 Å². The Morgan fingerprint density at radius 2 is 1.93 bits per heavy atom. The van der Waals surface area contributed by atoms with Crippen LogP contribution in [0.3, 0.4) is 0 Å². The molecule has 1 fully saturated rings. The number of amides is 2. The molecule has 0 aliphatic carbocycles. The fraction of sp³-hybridized carbons (Fsp3) is 0.364. The van der Waals surface area contributed by atoms with E-state index in [-0.39, 0.29) is 17.9 Å². The molecule has 0 spiro atoms. The van der Waals surface area contributed by atoms with Gasteiger partial charge in [0.2, 0.25) is 5.91 Å². The van der Waals surface area contributed by atoms with Crippen molar-refractivity contribution in [3.8, 4) is 0 Å². The van der Waals surface area contributed by atoms with Gasteiger partial charge in [0.15, 0.2) is 0 Å². The Labute approximate surface area is 159 Å². The van der Waals surface area contributed by atoms with Crippen molar-refractivity contribution in [3.05, 3.63) is 71.3 Å². The molecule has 0 aromatic heterocycles. The zero-order chi connectivity index (χ0) is 18.6. The second-order valence-corrected chi connectivity index (χ2v) is 7.18. The first-order valence-corrected chi connectivity index (χ1v) is 9.54. The van der Waals surface area contributed by atoms with E-state index in [1.165, 1.54) is 0 Å². The Bertz CT molecular complexity index is 815. The molecule has 0 bridgehead atoms. The van der Waals surface area contributed by atoms with Crippen LogP contribution in [0.2, 0.25) is 0 Å². The van der Waals surface area contributed by atoms with Gasteiger partial charge in [0.05, 0.1) is 6.10 Å². The molecule has 140 valence electrons. The van der Waals surface area contributed by atoms with E-state index in [0.717, 1.165) is 30.6 Å². The lowest BCUT2D eigenvalue weighted by molar-refractivity contribution is -0.126. The van der Waals surface area contributed by atoms with E-state index < -0.39 is 6.04 Å². The average Bonchev–Trinajstić information content (AvgIpc) is 3.33. The van der Waals surface area contributed by atoms with E-state index in [0.29, 0.717) is 25.1 Å². The molecule has 5 heteroatoms. The number of hydrogen-bond donors (Lipinski definition) is 1. The average molecular weight is 364 g/mol. The zero-order valence-electron chi connectivity index (χ0n) is 15.3. The van der Waals surface area contributed by atoms with E-state index in [9.17, 15) is 9.59 Å². The quantitative estimate of drug-likeness (QED) is 0.857. The van der Waals surface area contributed by atoms with Crippen molar-refractivity contribution in [1.82, 2.24) is 10.2 Å². The largest absolute Gasteiger partial charge is 0.376 e. The van der Waals surface area contributed by atoms with Gasteiger partial charge in [0.25, 0.3) is 5.91 Å². The van der Waals surface area contributed by atoms with Gasteiger partial charge in [-0.25, -0.2) is 0 Å². The Morgan fingerprint density at radius 3 is 2.67 bits per heavy atom. The minimum Gasteiger partial charge on any atom is -0.376 e. The zero-order valence-corrected chi connectivity index (χ0v) is 15.3. The summed E-state index contributed by atoms with van der Waals surface area (Å²) >= 11 is 0. The minimum atomic E-state index is -0.534. The Kier molecular flexibility index (Phi) is 5.21. The van der Waals surface area contributed by atoms with Crippen molar-refractivity contribution in [2.45, 2.75) is 38.0 Å². The summed E-state index contributed by atoms with van der Waals surface area (Å²) in [6.07, 6.45) is 2.58. The van der Waals surface area contributed by atoms with Gasteiger partial charge in [-0.3, -0.25) is 9.59 Å². The van der Waals surface area contributed by atoms with Crippen molar-refractivity contribution in [2.24, 2.45) is 0 Å². The van der Waals surface area contributed by atoms with Crippen LogP contribution in [0.1, 0.15) is 34.3 Å². The molecule has 0 radical (unpaired) electrons. The van der Waals surface area contributed by atoms with Crippen LogP contribution in [-0.2, 0) is 22.5 Å². The van der Waals surface area contributed by atoms with Crippen LogP contribution in [0.25, 0.3) is 0 Å². The van der Waals surface area contributed by atoms with E-state index >= 15 is 0 Å². The molecule has 4 rings (SSSR count). The van der Waals surface area contributed by atoms with E-state index in [2.05, 4.69) is 5.32 Å². The predicted molar refractivity (Wildman–Crippen MR) is 102 cm³/mol. The van der Waals surface area contributed by atoms with Gasteiger partial charge in [-0.1, -0.05) is 48.5 Å². The summed E-state index contributed by atoms with van der Waals surface area (Å²) in [5.74, 6) is -0.186. The minimum absolute atomic E-state index is 0.0706. The molecule has 2 aliphatic heterocycles. The maximum absolute atomic E-state index is 13.0. The molecule has 0 saturated carbocycles. The summed E-state index contributed by atoms with van der Waals surface area (Å²) in [6.45, 7) is 1.73. The summed E-state index contributed by atoms with van der Waals surface area (Å²) < 4.78 is 5.60. The number of ether oxygens (including phenoxy) is 1. The number of nitrogens with zero attached hydrogens (tertiary/aromatic N) is 1. The lowest BCUT2D eigenvalue weighted by Gasteiger charge is -2.27. The van der Waals surface area contributed by atoms with Crippen molar-refractivity contribution >= 4 is 11.8 Å². The molecule has 5 nitrogen and oxygen atoms in total. The highest BCUT2D eigenvalue weighted by Crippen LogP contribution is 2.26. The predicted octanol–water partition coefficient (Wildman–Crippen LogP) is 2.55. The number of carbonyl (C=O) groups excluding carboxylic acids is 2. The van der Waals surface area contributed by atoms with Crippen LogP contribution in [0.4, 0.5) is 0 Å². The fourth-order valence-electron chi connectivity index (χ4n) is 3.85. The maximum Gasteiger partial charge on any atom is 0.255 e. The van der Waals surface area contributed by atoms with Crippen LogP contribution in [-0.4, -0.2) is 42.0 Å². The highest BCUT2D eigenvalue weighted by atomic mass is 16.5. The number of nitrogens with one attached hydrogen (secondary N) is 1. The first-order valence-electron chi connectivity index (χ1n) is 9.54. The SMILES string of the molecule is O=C(NCC1CCCO1)[C@H](Cc1ccccc1)N1Cc2ccccc2C1=O. The number of fused-ring (bicyclic) bond motifs is 1. The highest BCUT2D eigenvalue weighted by Gasteiger charge is 2.36. The molecular formula is C22H24N2O3. The van der Waals surface area contributed by atoms with Gasteiger partial charge in [0, 0.05) is 31.7 Å². The second kappa shape index (κ2) is 7.92. The molecular weight excluding hydrogens is 340 g/mol. The lowest BCUT2D eigenvalue weighted by atomic mass is 10.0. The normalized spacial score (nSPS) is 19.8. The Hall–Kier alpha value is -2.66. The molecule has 2 amide bonds. The van der Waals surface area contributed by atoms with Crippen LogP contribution < -0.4 is 5.32 Å². The summed E-state index contributed by atoms with van der Waals surface area (Å²) in [5, 5.41) is 3.01. The van der Waals surface area contributed by atoms with Gasteiger partial charge in [-0.2, -0.15) is 0 Å². The third-order valence-electron chi connectivity index (χ3n) is 5.33. The molecule has 27 heavy (non-hydrogen) atoms. The maximum atomic E-state index is 13.0. The molecule has 1 saturated heterocycles. The summed E-state index contributed by atoms with van der Waals surface area (Å²) in [5.41, 5.74) is 2.72. The van der Waals surface area contributed by atoms with E-state index in [1.54, 1.807) is 4.90 Å². The van der Waals surface area contributed by atoms with Gasteiger partial charge < -0.3 is 15.0 Å². The van der Waals surface area contributed by atoms with Crippen molar-refractivity contribution in [2.75, 3.05) is 13.2 Å². The van der Waals surface area contributed by atoms with Crippen LogP contribution >= 0.6 is 0 Å². The van der Waals surface area contributed by atoms with Crippen molar-refractivity contribution in [1.29, 1.82) is 0 Å². The molecule has 2 aromatic rings. The molecule has 2 aromatic carbocycles. The summed E-state index contributed by atoms with van der Waals surface area (Å²) in [6, 6.07) is 16.9. The molecule has 2 heterocycles. The number of rotatable bonds is 6. The fourth-order valence-corrected chi connectivity index (χ4v) is 3.85. The number of carbonyl (C=O) groups is 2. The standard InChI is InChI=1S/C22H24N2O3/c25-21(23-14-18-10-6-12-27-18)20(13-16-7-2-1-3-8-16)24-15-17-9-4-5-11-19(17)22(24)26/h1-5,7-9,11,18,20H,6,10,12-15H2,(H,23,25)/t18?,20-/m0/s1. The first kappa shape index (κ1) is 17.7. The monoisotopic (exact) mass is 364 g/mol. The van der Waals surface area contributed by atoms with Crippen molar-refractivity contribution < 1.29 is 14.3 Å². The topological polar surface area (TPSA) is 58.6 Å². The molecule has 1 unspecified atom stereocenters.